The van der Waals surface area contributed by atoms with Crippen molar-refractivity contribution in [3.63, 3.8) is 0 Å². The predicted molar refractivity (Wildman–Crippen MR) is 58.8 cm³/mol. The lowest BCUT2D eigenvalue weighted by molar-refractivity contribution is 0.232. The number of benzene rings is 1. The quantitative estimate of drug-likeness (QED) is 0.755. The molecule has 0 aliphatic heterocycles. The van der Waals surface area contributed by atoms with Crippen LogP contribution in [0, 0.1) is 5.92 Å². The summed E-state index contributed by atoms with van der Waals surface area (Å²) < 4.78 is 0. The summed E-state index contributed by atoms with van der Waals surface area (Å²) >= 11 is 0. The summed E-state index contributed by atoms with van der Waals surface area (Å²) in [6, 6.07) is 8.11. The smallest absolute Gasteiger partial charge is 0.0983 e. The average molecular weight is 188 g/mol. The molecule has 1 N–H and O–H groups in total. The molecule has 0 aromatic heterocycles. The number of fused-ring (bicyclic) bond motifs is 1. The zero-order valence-electron chi connectivity index (χ0n) is 8.70. The molecule has 0 fully saturated rings. The Morgan fingerprint density at radius 1 is 1.29 bits per heavy atom. The first-order chi connectivity index (χ1) is 6.68. The van der Waals surface area contributed by atoms with Gasteiger partial charge < -0.3 is 5.11 Å². The lowest BCUT2D eigenvalue weighted by Gasteiger charge is -2.07. The highest BCUT2D eigenvalue weighted by Crippen LogP contribution is 2.37. The Morgan fingerprint density at radius 3 is 2.71 bits per heavy atom. The maximum atomic E-state index is 9.79. The molecule has 0 bridgehead atoms. The maximum absolute atomic E-state index is 9.79. The Morgan fingerprint density at radius 2 is 2.00 bits per heavy atom. The molecule has 1 aromatic carbocycles. The SMILES string of the molecule is CC(C)CC1=CC(O)c2ccccc21. The van der Waals surface area contributed by atoms with Crippen LogP contribution < -0.4 is 0 Å². The number of hydrogen-bond acceptors (Lipinski definition) is 1. The topological polar surface area (TPSA) is 20.2 Å². The van der Waals surface area contributed by atoms with Gasteiger partial charge in [0.1, 0.15) is 0 Å². The monoisotopic (exact) mass is 188 g/mol. The van der Waals surface area contributed by atoms with E-state index >= 15 is 0 Å². The highest BCUT2D eigenvalue weighted by molar-refractivity contribution is 5.74. The van der Waals surface area contributed by atoms with E-state index in [4.69, 9.17) is 0 Å². The first kappa shape index (κ1) is 9.47. The lowest BCUT2D eigenvalue weighted by atomic mass is 9.98. The molecule has 1 unspecified atom stereocenters. The first-order valence-electron chi connectivity index (χ1n) is 5.16. The number of aliphatic hydroxyl groups excluding tert-OH is 1. The van der Waals surface area contributed by atoms with Crippen LogP contribution in [0.25, 0.3) is 5.57 Å². The highest BCUT2D eigenvalue weighted by Gasteiger charge is 2.20. The molecule has 1 atom stereocenters. The van der Waals surface area contributed by atoms with Crippen molar-refractivity contribution in [1.82, 2.24) is 0 Å². The Labute approximate surface area is 85.1 Å². The van der Waals surface area contributed by atoms with Crippen LogP contribution in [-0.4, -0.2) is 5.11 Å². The lowest BCUT2D eigenvalue weighted by Crippen LogP contribution is -1.91. The molecule has 14 heavy (non-hydrogen) atoms. The summed E-state index contributed by atoms with van der Waals surface area (Å²) in [6.07, 6.45) is 2.64. The van der Waals surface area contributed by atoms with E-state index in [1.165, 1.54) is 11.1 Å². The van der Waals surface area contributed by atoms with Gasteiger partial charge in [0.25, 0.3) is 0 Å². The molecule has 74 valence electrons. The van der Waals surface area contributed by atoms with Crippen LogP contribution in [0.15, 0.2) is 30.3 Å². The minimum atomic E-state index is -0.389. The number of rotatable bonds is 2. The van der Waals surface area contributed by atoms with Crippen molar-refractivity contribution < 1.29 is 5.11 Å². The van der Waals surface area contributed by atoms with Crippen LogP contribution in [0.5, 0.6) is 0 Å². The van der Waals surface area contributed by atoms with Crippen molar-refractivity contribution in [3.05, 3.63) is 41.5 Å². The van der Waals surface area contributed by atoms with Crippen molar-refractivity contribution in [2.24, 2.45) is 5.92 Å². The summed E-state index contributed by atoms with van der Waals surface area (Å²) in [6.45, 7) is 4.41. The van der Waals surface area contributed by atoms with Gasteiger partial charge in [-0.05, 0) is 35.1 Å². The van der Waals surface area contributed by atoms with Crippen LogP contribution in [-0.2, 0) is 0 Å². The van der Waals surface area contributed by atoms with E-state index < -0.39 is 0 Å². The average Bonchev–Trinajstić information content (AvgIpc) is 2.44. The van der Waals surface area contributed by atoms with Crippen molar-refractivity contribution in [3.8, 4) is 0 Å². The molecular weight excluding hydrogens is 172 g/mol. The number of allylic oxidation sites excluding steroid dienone is 1. The minimum absolute atomic E-state index is 0.389. The standard InChI is InChI=1S/C13H16O/c1-9(2)7-10-8-13(14)12-6-4-3-5-11(10)12/h3-6,8-9,13-14H,7H2,1-2H3. The van der Waals surface area contributed by atoms with Crippen molar-refractivity contribution in [1.29, 1.82) is 0 Å². The Balaban J connectivity index is 2.34. The Hall–Kier alpha value is -1.08. The molecule has 0 saturated carbocycles. The van der Waals surface area contributed by atoms with Gasteiger partial charge in [-0.3, -0.25) is 0 Å². The van der Waals surface area contributed by atoms with E-state index in [9.17, 15) is 5.11 Å². The zero-order chi connectivity index (χ0) is 10.1. The largest absolute Gasteiger partial charge is 0.384 e. The summed E-state index contributed by atoms with van der Waals surface area (Å²) in [5, 5.41) is 9.79. The molecule has 2 rings (SSSR count). The molecule has 1 nitrogen and oxygen atoms in total. The molecular formula is C13H16O. The van der Waals surface area contributed by atoms with Crippen molar-refractivity contribution >= 4 is 5.57 Å². The summed E-state index contributed by atoms with van der Waals surface area (Å²) in [5.41, 5.74) is 3.58. The molecule has 1 aromatic rings. The van der Waals surface area contributed by atoms with Gasteiger partial charge in [0.15, 0.2) is 0 Å². The summed E-state index contributed by atoms with van der Waals surface area (Å²) in [4.78, 5) is 0. The van der Waals surface area contributed by atoms with Gasteiger partial charge in [0, 0.05) is 0 Å². The molecule has 1 aliphatic rings. The number of hydrogen-bond donors (Lipinski definition) is 1. The summed E-state index contributed by atoms with van der Waals surface area (Å²) in [7, 11) is 0. The second kappa shape index (κ2) is 3.58. The zero-order valence-corrected chi connectivity index (χ0v) is 8.70. The molecule has 0 heterocycles. The highest BCUT2D eigenvalue weighted by atomic mass is 16.3. The van der Waals surface area contributed by atoms with E-state index in [1.807, 2.05) is 24.3 Å². The fraction of sp³-hybridized carbons (Fsp3) is 0.385. The summed E-state index contributed by atoms with van der Waals surface area (Å²) in [5.74, 6) is 0.639. The van der Waals surface area contributed by atoms with Gasteiger partial charge in [-0.2, -0.15) is 0 Å². The molecule has 0 radical (unpaired) electrons. The first-order valence-corrected chi connectivity index (χ1v) is 5.16. The normalized spacial score (nSPS) is 19.7. The molecule has 1 heteroatoms. The Bertz CT molecular complexity index is 363. The van der Waals surface area contributed by atoms with E-state index in [2.05, 4.69) is 19.9 Å². The van der Waals surface area contributed by atoms with Gasteiger partial charge in [0.05, 0.1) is 6.10 Å². The van der Waals surface area contributed by atoms with Gasteiger partial charge in [-0.25, -0.2) is 0 Å². The third-order valence-corrected chi connectivity index (χ3v) is 2.61. The Kier molecular flexibility index (Phi) is 2.42. The third-order valence-electron chi connectivity index (χ3n) is 2.61. The van der Waals surface area contributed by atoms with Crippen LogP contribution in [0.4, 0.5) is 0 Å². The van der Waals surface area contributed by atoms with Crippen LogP contribution in [0.1, 0.15) is 37.5 Å². The van der Waals surface area contributed by atoms with E-state index in [0.29, 0.717) is 5.92 Å². The maximum Gasteiger partial charge on any atom is 0.0983 e. The molecule has 0 spiro atoms. The second-order valence-electron chi connectivity index (χ2n) is 4.32. The fourth-order valence-corrected chi connectivity index (χ4v) is 2.04. The van der Waals surface area contributed by atoms with Crippen molar-refractivity contribution in [2.45, 2.75) is 26.4 Å². The van der Waals surface area contributed by atoms with Crippen molar-refractivity contribution in [2.75, 3.05) is 0 Å². The second-order valence-corrected chi connectivity index (χ2v) is 4.32. The molecule has 0 amide bonds. The predicted octanol–water partition coefficient (Wildman–Crippen LogP) is 3.16. The van der Waals surface area contributed by atoms with Crippen LogP contribution >= 0.6 is 0 Å². The van der Waals surface area contributed by atoms with Gasteiger partial charge in [-0.1, -0.05) is 38.1 Å². The fourth-order valence-electron chi connectivity index (χ4n) is 2.04. The minimum Gasteiger partial charge on any atom is -0.384 e. The molecule has 1 aliphatic carbocycles. The van der Waals surface area contributed by atoms with Crippen LogP contribution in [0.2, 0.25) is 0 Å². The number of aliphatic hydroxyl groups is 1. The van der Waals surface area contributed by atoms with E-state index in [0.717, 1.165) is 12.0 Å². The third kappa shape index (κ3) is 1.60. The van der Waals surface area contributed by atoms with Crippen LogP contribution in [0.3, 0.4) is 0 Å². The van der Waals surface area contributed by atoms with Gasteiger partial charge in [0.2, 0.25) is 0 Å². The molecule has 0 saturated heterocycles. The van der Waals surface area contributed by atoms with E-state index in [-0.39, 0.29) is 6.10 Å². The van der Waals surface area contributed by atoms with E-state index in [1.54, 1.807) is 0 Å². The van der Waals surface area contributed by atoms with Gasteiger partial charge in [-0.15, -0.1) is 0 Å². The van der Waals surface area contributed by atoms with Gasteiger partial charge >= 0.3 is 0 Å².